The molecular weight excluding hydrogens is 1860 g/mol. The van der Waals surface area contributed by atoms with Crippen molar-refractivity contribution in [3.63, 3.8) is 0 Å². The fraction of sp³-hybridized carbons (Fsp3) is 0.770. The molecular formula is C100H167N13O30. The Labute approximate surface area is 842 Å². The van der Waals surface area contributed by atoms with Crippen LogP contribution in [-0.4, -0.2) is 289 Å². The van der Waals surface area contributed by atoms with E-state index in [-0.39, 0.29) is 238 Å². The highest BCUT2D eigenvalue weighted by Crippen LogP contribution is 2.37. The minimum Gasteiger partial charge on any atom is -0.492 e. The van der Waals surface area contributed by atoms with Crippen molar-refractivity contribution in [1.82, 2.24) is 69.1 Å². The van der Waals surface area contributed by atoms with Crippen molar-refractivity contribution in [2.24, 2.45) is 29.6 Å². The average Bonchev–Trinajstić information content (AvgIpc) is 0.806. The Morgan fingerprint density at radius 2 is 0.615 bits per heavy atom. The molecule has 4 aliphatic rings. The number of hydrogen-bond donors (Lipinski definition) is 14. The Hall–Kier alpha value is -10.3. The SMILES string of the molecule is C.CCC1OC(OCCCCC(=O)N[C@@H](CCCCNC(=O)CCCCOC2OC(CC)C(OC(C)=O)C(C)C2NC(C)=O)C(=O)NCCNC(=O)c2cc(OCCNC(=O)CCCCC(=O)O)cc(C(=O)NCCNC(=O)[C@H](CCCCNC(=O)CCCCOC3OC(CC)C(OC(C)=O)C(C)C3NC(C)=O)NC(=O)CCCCOC3OC(CC)C(OC(C)=O)C(C)C3NC(C)=O)c2)C(NC(C)=O)C(C)C1C. The maximum atomic E-state index is 14.2. The lowest BCUT2D eigenvalue weighted by molar-refractivity contribution is -0.256. The van der Waals surface area contributed by atoms with Crippen molar-refractivity contribution in [3.8, 4) is 5.75 Å². The quantitative estimate of drug-likeness (QED) is 0.0203. The van der Waals surface area contributed by atoms with Crippen LogP contribution in [0, 0.1) is 29.6 Å². The number of carboxylic acids is 1. The zero-order chi connectivity index (χ0) is 105. The number of carbonyl (C=O) groups is 17. The third-order valence-electron chi connectivity index (χ3n) is 25.4. The summed E-state index contributed by atoms with van der Waals surface area (Å²) in [6.45, 7) is 27.3. The van der Waals surface area contributed by atoms with Gasteiger partial charge < -0.3 is 131 Å². The largest absolute Gasteiger partial charge is 0.492 e. The predicted molar refractivity (Wildman–Crippen MR) is 524 cm³/mol. The smallest absolute Gasteiger partial charge is 0.303 e. The molecule has 143 heavy (non-hydrogen) atoms. The van der Waals surface area contributed by atoms with Gasteiger partial charge in [-0.3, -0.25) is 81.5 Å². The minimum atomic E-state index is -1.08. The molecule has 4 fully saturated rings. The molecule has 5 rings (SSSR count). The number of nitrogens with one attached hydrogen (secondary N) is 13. The second kappa shape index (κ2) is 68.1. The van der Waals surface area contributed by atoms with Gasteiger partial charge in [-0.1, -0.05) is 69.7 Å². The molecule has 1 aromatic carbocycles. The van der Waals surface area contributed by atoms with E-state index in [1.165, 1.54) is 66.7 Å². The Morgan fingerprint density at radius 1 is 0.322 bits per heavy atom. The molecule has 0 aromatic heterocycles. The molecule has 20 unspecified atom stereocenters. The molecule has 4 heterocycles. The van der Waals surface area contributed by atoms with Gasteiger partial charge in [0.25, 0.3) is 11.8 Å². The summed E-state index contributed by atoms with van der Waals surface area (Å²) in [6, 6.07) is -0.378. The number of carbonyl (C=O) groups excluding carboxylic acids is 16. The third kappa shape index (κ3) is 46.7. The lowest BCUT2D eigenvalue weighted by Gasteiger charge is -2.44. The molecule has 22 atom stereocenters. The van der Waals surface area contributed by atoms with Gasteiger partial charge in [-0.25, -0.2) is 0 Å². The summed E-state index contributed by atoms with van der Waals surface area (Å²) in [4.78, 5) is 219. The maximum absolute atomic E-state index is 14.2. The van der Waals surface area contributed by atoms with Crippen LogP contribution in [0.25, 0.3) is 0 Å². The van der Waals surface area contributed by atoms with Crippen molar-refractivity contribution < 1.29 is 143 Å². The number of hydrogen-bond acceptors (Lipinski definition) is 29. The first-order chi connectivity index (χ1) is 67.7. The van der Waals surface area contributed by atoms with E-state index < -0.39 is 151 Å². The highest BCUT2D eigenvalue weighted by atomic mass is 16.7. The molecule has 13 amide bonds. The van der Waals surface area contributed by atoms with E-state index in [2.05, 4.69) is 83.0 Å². The van der Waals surface area contributed by atoms with Gasteiger partial charge in [0, 0.05) is 182 Å². The number of carboxylic acid groups (broad SMARTS) is 1. The topological polar surface area (TPSA) is 578 Å². The number of amides is 13. The summed E-state index contributed by atoms with van der Waals surface area (Å²) in [7, 11) is 0. The molecule has 0 saturated carbocycles. The highest BCUT2D eigenvalue weighted by molar-refractivity contribution is 6.00. The van der Waals surface area contributed by atoms with E-state index in [1.807, 2.05) is 48.5 Å². The number of esters is 3. The molecule has 812 valence electrons. The molecule has 4 saturated heterocycles. The number of benzene rings is 1. The van der Waals surface area contributed by atoms with Crippen molar-refractivity contribution in [1.29, 1.82) is 0 Å². The van der Waals surface area contributed by atoms with Gasteiger partial charge >= 0.3 is 23.9 Å². The molecule has 0 radical (unpaired) electrons. The fourth-order valence-electron chi connectivity index (χ4n) is 17.7. The van der Waals surface area contributed by atoms with Crippen molar-refractivity contribution in [2.75, 3.05) is 78.8 Å². The normalized spacial score (nSPS) is 24.3. The first-order valence-electron chi connectivity index (χ1n) is 50.9. The van der Waals surface area contributed by atoms with E-state index in [0.717, 1.165) is 6.42 Å². The van der Waals surface area contributed by atoms with Gasteiger partial charge in [0.05, 0.1) is 55.1 Å². The lowest BCUT2D eigenvalue weighted by atomic mass is 9.81. The van der Waals surface area contributed by atoms with Crippen LogP contribution in [0.2, 0.25) is 0 Å². The highest BCUT2D eigenvalue weighted by Gasteiger charge is 2.50. The third-order valence-corrected chi connectivity index (χ3v) is 25.4. The number of ether oxygens (including phenoxy) is 12. The molecule has 4 aliphatic heterocycles. The van der Waals surface area contributed by atoms with Gasteiger partial charge in [0.1, 0.15) is 42.8 Å². The molecule has 43 nitrogen and oxygen atoms in total. The summed E-state index contributed by atoms with van der Waals surface area (Å²) in [5.41, 5.74) is -0.123. The number of unbranched alkanes of at least 4 members (excludes halogenated alkanes) is 7. The molecule has 0 bridgehead atoms. The van der Waals surface area contributed by atoms with Crippen LogP contribution < -0.4 is 73.9 Å². The second-order valence-corrected chi connectivity index (χ2v) is 37.1. The lowest BCUT2D eigenvalue weighted by Crippen LogP contribution is -2.61. The van der Waals surface area contributed by atoms with Crippen molar-refractivity contribution in [3.05, 3.63) is 29.3 Å². The van der Waals surface area contributed by atoms with Gasteiger partial charge in [-0.15, -0.1) is 0 Å². The Balaban J connectivity index is 0.0000426. The molecule has 14 N–H and O–H groups in total. The monoisotopic (exact) mass is 2030 g/mol. The predicted octanol–water partition coefficient (Wildman–Crippen LogP) is 5.98. The average molecular weight is 2030 g/mol. The molecule has 0 spiro atoms. The van der Waals surface area contributed by atoms with E-state index in [4.69, 9.17) is 61.9 Å². The van der Waals surface area contributed by atoms with Crippen LogP contribution >= 0.6 is 0 Å². The van der Waals surface area contributed by atoms with Gasteiger partial charge in [0.2, 0.25) is 65.0 Å². The van der Waals surface area contributed by atoms with Crippen LogP contribution in [0.5, 0.6) is 5.75 Å². The fourth-order valence-corrected chi connectivity index (χ4v) is 17.7. The molecule has 1 aromatic rings. The first-order valence-corrected chi connectivity index (χ1v) is 50.9. The van der Waals surface area contributed by atoms with E-state index in [9.17, 15) is 81.5 Å². The summed E-state index contributed by atoms with van der Waals surface area (Å²) in [5.74, 6) is -8.63. The van der Waals surface area contributed by atoms with E-state index in [1.54, 1.807) is 0 Å². The van der Waals surface area contributed by atoms with Crippen LogP contribution in [0.4, 0.5) is 0 Å². The van der Waals surface area contributed by atoms with E-state index in [0.29, 0.717) is 109 Å². The van der Waals surface area contributed by atoms with Crippen molar-refractivity contribution in [2.45, 2.75) is 389 Å². The number of aliphatic carboxylic acids is 1. The van der Waals surface area contributed by atoms with Crippen LogP contribution in [-0.2, 0) is 124 Å². The summed E-state index contributed by atoms with van der Waals surface area (Å²) < 4.78 is 72.2. The van der Waals surface area contributed by atoms with Gasteiger partial charge in [-0.05, 0) is 158 Å². The zero-order valence-corrected chi connectivity index (χ0v) is 86.1. The summed E-state index contributed by atoms with van der Waals surface area (Å²) in [6.07, 6.45) is 1.79. The standard InChI is InChI=1S/C99H163N13O30.CH4/c1-17-75-58(5)59(6)85(107-63(10)113)96(139-75)132-52-33-27-40-82(123)111-73(35-23-29-43-100-79(120)38-25-31-50-133-97-86(108-64(11)114)60(7)89(136-67(14)117)76(18-2)140-97)94(129)105-47-45-103-92(127)70-55-71(57-72(56-70)131-54-49-102-81(122)37-21-22-42-84(125)126)93(128)104-46-48-106-95(130)74(112-83(124)41-28-34-53-135-99-88(110-66(13)116)62(9)91(138-69(16)119)78(20-4)142-99)36-24-30-44-101-80(121)39-26-32-51-134-98-87(109-65(12)115)61(8)90(137-68(15)118)77(19-3)141-98;/h55-62,73-78,85-91,96-99H,17-54H2,1-16H3,(H,100,120)(H,101,121)(H,102,122)(H,103,127)(H,104,128)(H,105,129)(H,106,130)(H,107,113)(H,108,114)(H,109,115)(H,110,116)(H,111,123)(H,112,124)(H,125,126);1H4/t58?,59?,60?,61?,62?,73-,74-,75?,76?,77?,78?,85?,86?,87?,88?,89?,90?,91?,96?,97?,98?,99?;/m0./s1. The summed E-state index contributed by atoms with van der Waals surface area (Å²) in [5, 5.41) is 45.9. The Bertz CT molecular complexity index is 4160. The van der Waals surface area contributed by atoms with Crippen LogP contribution in [0.3, 0.4) is 0 Å². The van der Waals surface area contributed by atoms with Gasteiger partial charge in [0.15, 0.2) is 25.2 Å². The molecule has 43 heteroatoms. The van der Waals surface area contributed by atoms with Crippen molar-refractivity contribution >= 4 is 101 Å². The Kier molecular flexibility index (Phi) is 59.6. The van der Waals surface area contributed by atoms with E-state index >= 15 is 0 Å². The van der Waals surface area contributed by atoms with Crippen LogP contribution in [0.1, 0.15) is 306 Å². The summed E-state index contributed by atoms with van der Waals surface area (Å²) >= 11 is 0. The molecule has 0 aliphatic carbocycles. The minimum absolute atomic E-state index is 0. The zero-order valence-electron chi connectivity index (χ0n) is 86.1. The van der Waals surface area contributed by atoms with Gasteiger partial charge in [-0.2, -0.15) is 0 Å². The first kappa shape index (κ1) is 125. The number of rotatable bonds is 66. The maximum Gasteiger partial charge on any atom is 0.303 e. The Morgan fingerprint density at radius 3 is 0.930 bits per heavy atom. The van der Waals surface area contributed by atoms with Crippen LogP contribution in [0.15, 0.2) is 18.2 Å². The second-order valence-electron chi connectivity index (χ2n) is 37.1.